The molecule has 3 heterocycles. The summed E-state index contributed by atoms with van der Waals surface area (Å²) in [6.45, 7) is 7.08. The van der Waals surface area contributed by atoms with Crippen molar-refractivity contribution in [3.63, 3.8) is 0 Å². The standard InChI is InChI=1S/C21H28N4O2/c1-15(2)13-25-19(26)21(23(3)20(25)27)8-10-24(11-9-21)14-16-12-22-18-7-5-4-6-17(16)18/h4-7,12,15,22H,8-11,13-14H2,1-3H3. The summed E-state index contributed by atoms with van der Waals surface area (Å²) in [5.41, 5.74) is 1.79. The number of imide groups is 1. The van der Waals surface area contributed by atoms with Crippen molar-refractivity contribution in [2.75, 3.05) is 26.7 Å². The van der Waals surface area contributed by atoms with Crippen LogP contribution in [0.1, 0.15) is 32.3 Å². The Morgan fingerprint density at radius 2 is 1.85 bits per heavy atom. The van der Waals surface area contributed by atoms with Gasteiger partial charge in [-0.3, -0.25) is 14.6 Å². The second-order valence-corrected chi connectivity index (χ2v) is 8.32. The van der Waals surface area contributed by atoms with Crippen LogP contribution in [0.3, 0.4) is 0 Å². The summed E-state index contributed by atoms with van der Waals surface area (Å²) < 4.78 is 0. The number of nitrogens with zero attached hydrogens (tertiary/aromatic N) is 3. The number of urea groups is 1. The van der Waals surface area contributed by atoms with Gasteiger partial charge in [0.15, 0.2) is 0 Å². The number of likely N-dealkylation sites (N-methyl/N-ethyl adjacent to an activating group) is 1. The van der Waals surface area contributed by atoms with Crippen LogP contribution in [0.15, 0.2) is 30.5 Å². The number of carbonyl (C=O) groups excluding carboxylic acids is 2. The number of aromatic amines is 1. The predicted molar refractivity (Wildman–Crippen MR) is 105 cm³/mol. The van der Waals surface area contributed by atoms with Crippen molar-refractivity contribution in [2.45, 2.75) is 38.8 Å². The Hall–Kier alpha value is -2.34. The van der Waals surface area contributed by atoms with Crippen LogP contribution in [0, 0.1) is 5.92 Å². The third-order valence-electron chi connectivity index (χ3n) is 6.10. The molecular weight excluding hydrogens is 340 g/mol. The van der Waals surface area contributed by atoms with E-state index in [9.17, 15) is 9.59 Å². The van der Waals surface area contributed by atoms with Gasteiger partial charge in [0.2, 0.25) is 0 Å². The van der Waals surface area contributed by atoms with Gasteiger partial charge >= 0.3 is 6.03 Å². The summed E-state index contributed by atoms with van der Waals surface area (Å²) in [5.74, 6) is 0.277. The number of aromatic nitrogens is 1. The van der Waals surface area contributed by atoms with Crippen molar-refractivity contribution in [1.82, 2.24) is 19.7 Å². The molecule has 2 aliphatic heterocycles. The van der Waals surface area contributed by atoms with Crippen LogP contribution in [0.2, 0.25) is 0 Å². The van der Waals surface area contributed by atoms with Crippen LogP contribution < -0.4 is 0 Å². The van der Waals surface area contributed by atoms with Gasteiger partial charge < -0.3 is 9.88 Å². The van der Waals surface area contributed by atoms with E-state index in [4.69, 9.17) is 0 Å². The topological polar surface area (TPSA) is 59.7 Å². The molecule has 1 aromatic carbocycles. The molecule has 0 aliphatic carbocycles. The van der Waals surface area contributed by atoms with Gasteiger partial charge in [-0.2, -0.15) is 0 Å². The van der Waals surface area contributed by atoms with Gasteiger partial charge in [0.25, 0.3) is 5.91 Å². The molecule has 6 heteroatoms. The average molecular weight is 368 g/mol. The van der Waals surface area contributed by atoms with Crippen LogP contribution in [0.5, 0.6) is 0 Å². The second-order valence-electron chi connectivity index (χ2n) is 8.32. The maximum absolute atomic E-state index is 13.1. The van der Waals surface area contributed by atoms with Crippen LogP contribution in [0.4, 0.5) is 4.79 Å². The summed E-state index contributed by atoms with van der Waals surface area (Å²) in [5, 5.41) is 1.25. The Morgan fingerprint density at radius 3 is 2.56 bits per heavy atom. The quantitative estimate of drug-likeness (QED) is 0.844. The molecule has 2 aliphatic rings. The Morgan fingerprint density at radius 1 is 1.15 bits per heavy atom. The number of hydrogen-bond donors (Lipinski definition) is 1. The van der Waals surface area contributed by atoms with Crippen LogP contribution in [-0.2, 0) is 11.3 Å². The van der Waals surface area contributed by atoms with Crippen molar-refractivity contribution in [1.29, 1.82) is 0 Å². The van der Waals surface area contributed by atoms with Gasteiger partial charge in [0, 0.05) is 50.3 Å². The molecule has 0 radical (unpaired) electrons. The minimum Gasteiger partial charge on any atom is -0.361 e. The van der Waals surface area contributed by atoms with Gasteiger partial charge in [-0.1, -0.05) is 32.0 Å². The van der Waals surface area contributed by atoms with E-state index >= 15 is 0 Å². The number of para-hydroxylation sites is 1. The molecular formula is C21H28N4O2. The lowest BCUT2D eigenvalue weighted by atomic mass is 9.86. The first kappa shape index (κ1) is 18.0. The number of fused-ring (bicyclic) bond motifs is 1. The molecule has 2 saturated heterocycles. The van der Waals surface area contributed by atoms with Gasteiger partial charge in [-0.15, -0.1) is 0 Å². The fourth-order valence-electron chi connectivity index (χ4n) is 4.51. The number of piperidine rings is 1. The Labute approximate surface area is 160 Å². The van der Waals surface area contributed by atoms with Crippen molar-refractivity contribution in [3.05, 3.63) is 36.0 Å². The van der Waals surface area contributed by atoms with Crippen LogP contribution in [0.25, 0.3) is 10.9 Å². The predicted octanol–water partition coefficient (Wildman–Crippen LogP) is 3.05. The highest BCUT2D eigenvalue weighted by Crippen LogP contribution is 2.37. The van der Waals surface area contributed by atoms with Gasteiger partial charge in [0.1, 0.15) is 5.54 Å². The average Bonchev–Trinajstić information content (AvgIpc) is 3.14. The van der Waals surface area contributed by atoms with E-state index in [-0.39, 0.29) is 17.9 Å². The lowest BCUT2D eigenvalue weighted by molar-refractivity contribution is -0.135. The molecule has 4 rings (SSSR count). The fourth-order valence-corrected chi connectivity index (χ4v) is 4.51. The summed E-state index contributed by atoms with van der Waals surface area (Å²) in [4.78, 5) is 34.6. The number of amides is 3. The Kier molecular flexibility index (Phi) is 4.46. The fraction of sp³-hybridized carbons (Fsp3) is 0.524. The number of benzene rings is 1. The molecule has 0 bridgehead atoms. The maximum atomic E-state index is 13.1. The number of rotatable bonds is 4. The first-order chi connectivity index (χ1) is 12.9. The highest BCUT2D eigenvalue weighted by molar-refractivity contribution is 6.07. The number of carbonyl (C=O) groups is 2. The van der Waals surface area contributed by atoms with E-state index in [0.717, 1.165) is 25.2 Å². The molecule has 144 valence electrons. The molecule has 1 N–H and O–H groups in total. The zero-order chi connectivity index (χ0) is 19.2. The zero-order valence-corrected chi connectivity index (χ0v) is 16.4. The lowest BCUT2D eigenvalue weighted by Crippen LogP contribution is -2.55. The molecule has 1 aromatic heterocycles. The number of nitrogens with one attached hydrogen (secondary N) is 1. The first-order valence-corrected chi connectivity index (χ1v) is 9.79. The molecule has 6 nitrogen and oxygen atoms in total. The van der Waals surface area contributed by atoms with E-state index in [1.807, 2.05) is 19.9 Å². The van der Waals surface area contributed by atoms with E-state index in [0.29, 0.717) is 19.4 Å². The Balaban J connectivity index is 1.46. The molecule has 2 aromatic rings. The molecule has 0 atom stereocenters. The summed E-state index contributed by atoms with van der Waals surface area (Å²) in [6, 6.07) is 8.19. The van der Waals surface area contributed by atoms with Gasteiger partial charge in [0.05, 0.1) is 0 Å². The number of likely N-dealkylation sites (tertiary alicyclic amines) is 1. The van der Waals surface area contributed by atoms with Crippen molar-refractivity contribution in [3.8, 4) is 0 Å². The second kappa shape index (κ2) is 6.68. The van der Waals surface area contributed by atoms with Gasteiger partial charge in [-0.05, 0) is 30.4 Å². The normalized spacial score (nSPS) is 20.6. The SMILES string of the molecule is CC(C)CN1C(=O)N(C)C2(CCN(Cc3c[nH]c4ccccc34)CC2)C1=O. The summed E-state index contributed by atoms with van der Waals surface area (Å²) in [6.07, 6.45) is 3.48. The van der Waals surface area contributed by atoms with Crippen molar-refractivity contribution < 1.29 is 9.59 Å². The number of H-pyrrole nitrogens is 1. The third-order valence-corrected chi connectivity index (χ3v) is 6.10. The monoisotopic (exact) mass is 368 g/mol. The van der Waals surface area contributed by atoms with Crippen molar-refractivity contribution in [2.24, 2.45) is 5.92 Å². The maximum Gasteiger partial charge on any atom is 0.327 e. The largest absolute Gasteiger partial charge is 0.361 e. The molecule has 3 amide bonds. The number of hydrogen-bond acceptors (Lipinski definition) is 3. The zero-order valence-electron chi connectivity index (χ0n) is 16.4. The van der Waals surface area contributed by atoms with E-state index in [1.54, 1.807) is 11.9 Å². The van der Waals surface area contributed by atoms with E-state index < -0.39 is 5.54 Å². The van der Waals surface area contributed by atoms with Crippen LogP contribution >= 0.6 is 0 Å². The summed E-state index contributed by atoms with van der Waals surface area (Å²) in [7, 11) is 1.79. The van der Waals surface area contributed by atoms with E-state index in [2.05, 4.69) is 34.3 Å². The molecule has 2 fully saturated rings. The highest BCUT2D eigenvalue weighted by Gasteiger charge is 2.56. The van der Waals surface area contributed by atoms with Crippen LogP contribution in [-0.4, -0.2) is 63.8 Å². The summed E-state index contributed by atoms with van der Waals surface area (Å²) >= 11 is 0. The molecule has 27 heavy (non-hydrogen) atoms. The molecule has 0 saturated carbocycles. The third kappa shape index (κ3) is 2.92. The molecule has 1 spiro atoms. The minimum atomic E-state index is -0.650. The van der Waals surface area contributed by atoms with E-state index in [1.165, 1.54) is 15.8 Å². The smallest absolute Gasteiger partial charge is 0.327 e. The van der Waals surface area contributed by atoms with Gasteiger partial charge in [-0.25, -0.2) is 4.79 Å². The Bertz CT molecular complexity index is 864. The molecule has 0 unspecified atom stereocenters. The minimum absolute atomic E-state index is 0.00422. The van der Waals surface area contributed by atoms with Crippen molar-refractivity contribution >= 4 is 22.8 Å². The highest BCUT2D eigenvalue weighted by atomic mass is 16.2. The first-order valence-electron chi connectivity index (χ1n) is 9.79. The lowest BCUT2D eigenvalue weighted by Gasteiger charge is -2.40.